The van der Waals surface area contributed by atoms with E-state index in [4.69, 9.17) is 5.11 Å². The van der Waals surface area contributed by atoms with Crippen LogP contribution < -0.4 is 16.0 Å². The average molecular weight is 355 g/mol. The summed E-state index contributed by atoms with van der Waals surface area (Å²) in [6, 6.07) is 14.1. The van der Waals surface area contributed by atoms with Crippen LogP contribution in [0.4, 0.5) is 5.69 Å². The van der Waals surface area contributed by atoms with Crippen molar-refractivity contribution in [3.05, 3.63) is 65.2 Å². The van der Waals surface area contributed by atoms with Crippen molar-refractivity contribution in [3.8, 4) is 0 Å². The average Bonchev–Trinajstić information content (AvgIpc) is 2.65. The zero-order valence-corrected chi connectivity index (χ0v) is 14.4. The van der Waals surface area contributed by atoms with Gasteiger partial charge in [0.25, 0.3) is 5.91 Å². The number of para-hydroxylation sites is 1. The second-order valence-electron chi connectivity index (χ2n) is 5.59. The summed E-state index contributed by atoms with van der Waals surface area (Å²) in [5.74, 6) is -2.15. The number of benzene rings is 2. The molecule has 3 amide bonds. The molecular weight excluding hydrogens is 334 g/mol. The molecule has 26 heavy (non-hydrogen) atoms. The smallest absolute Gasteiger partial charge is 0.313 e. The number of aliphatic hydroxyl groups excluding tert-OH is 1. The topological polar surface area (TPSA) is 108 Å². The Labute approximate surface area is 151 Å². The number of rotatable bonds is 6. The number of anilines is 1. The highest BCUT2D eigenvalue weighted by atomic mass is 16.3. The first-order valence-electron chi connectivity index (χ1n) is 8.14. The van der Waals surface area contributed by atoms with Gasteiger partial charge in [-0.1, -0.05) is 36.4 Å². The van der Waals surface area contributed by atoms with Crippen molar-refractivity contribution in [2.75, 3.05) is 18.5 Å². The zero-order valence-electron chi connectivity index (χ0n) is 14.4. The first-order valence-corrected chi connectivity index (χ1v) is 8.14. The lowest BCUT2D eigenvalue weighted by Crippen LogP contribution is -2.37. The Morgan fingerprint density at radius 3 is 2.35 bits per heavy atom. The lowest BCUT2D eigenvalue weighted by atomic mass is 10.1. The summed E-state index contributed by atoms with van der Waals surface area (Å²) >= 11 is 0. The molecule has 0 aliphatic rings. The van der Waals surface area contributed by atoms with E-state index in [1.165, 1.54) is 0 Å². The normalized spacial score (nSPS) is 10.1. The van der Waals surface area contributed by atoms with E-state index in [2.05, 4.69) is 16.0 Å². The van der Waals surface area contributed by atoms with Crippen LogP contribution in [0, 0.1) is 6.92 Å². The molecule has 2 aromatic carbocycles. The molecule has 4 N–H and O–H groups in total. The van der Waals surface area contributed by atoms with Crippen LogP contribution in [0.3, 0.4) is 0 Å². The molecular formula is C19H21N3O4. The number of carbonyl (C=O) groups excluding carboxylic acids is 3. The fourth-order valence-electron chi connectivity index (χ4n) is 2.30. The third-order valence-corrected chi connectivity index (χ3v) is 3.72. The molecule has 0 unspecified atom stereocenters. The molecule has 0 heterocycles. The molecule has 0 aromatic heterocycles. The minimum Gasteiger partial charge on any atom is -0.395 e. The second-order valence-corrected chi connectivity index (χ2v) is 5.59. The van der Waals surface area contributed by atoms with Crippen molar-refractivity contribution < 1.29 is 19.5 Å². The molecule has 0 aliphatic heterocycles. The molecule has 0 atom stereocenters. The van der Waals surface area contributed by atoms with Crippen LogP contribution in [-0.2, 0) is 16.1 Å². The number of nitrogens with one attached hydrogen (secondary N) is 3. The van der Waals surface area contributed by atoms with E-state index in [1.807, 2.05) is 31.2 Å². The van der Waals surface area contributed by atoms with E-state index < -0.39 is 11.8 Å². The highest BCUT2D eigenvalue weighted by molar-refractivity contribution is 6.40. The van der Waals surface area contributed by atoms with Crippen molar-refractivity contribution in [1.82, 2.24) is 10.6 Å². The third kappa shape index (κ3) is 5.15. The van der Waals surface area contributed by atoms with Gasteiger partial charge < -0.3 is 21.1 Å². The molecule has 0 aliphatic carbocycles. The summed E-state index contributed by atoms with van der Waals surface area (Å²) in [6.07, 6.45) is 0. The Balaban J connectivity index is 2.05. The van der Waals surface area contributed by atoms with Crippen LogP contribution in [-0.4, -0.2) is 36.0 Å². The zero-order chi connectivity index (χ0) is 18.9. The van der Waals surface area contributed by atoms with E-state index in [1.54, 1.807) is 24.3 Å². The Kier molecular flexibility index (Phi) is 6.87. The summed E-state index contributed by atoms with van der Waals surface area (Å²) in [5.41, 5.74) is 2.55. The standard InChI is InChI=1S/C19H21N3O4/c1-13-6-2-3-7-14(13)12-21-17(24)15-8-4-5-9-16(15)22-19(26)18(25)20-10-11-23/h2-9,23H,10-12H2,1H3,(H,20,25)(H,21,24)(H,22,26). The van der Waals surface area contributed by atoms with E-state index in [-0.39, 0.29) is 30.3 Å². The molecule has 7 nitrogen and oxygen atoms in total. The van der Waals surface area contributed by atoms with E-state index in [0.29, 0.717) is 6.54 Å². The van der Waals surface area contributed by atoms with Crippen LogP contribution in [0.5, 0.6) is 0 Å². The molecule has 2 aromatic rings. The van der Waals surface area contributed by atoms with Crippen LogP contribution in [0.2, 0.25) is 0 Å². The first-order chi connectivity index (χ1) is 12.5. The molecule has 136 valence electrons. The van der Waals surface area contributed by atoms with Crippen molar-refractivity contribution in [2.24, 2.45) is 0 Å². The fourth-order valence-corrected chi connectivity index (χ4v) is 2.30. The number of amides is 3. The fraction of sp³-hybridized carbons (Fsp3) is 0.211. The maximum atomic E-state index is 12.5. The number of hydrogen-bond acceptors (Lipinski definition) is 4. The summed E-state index contributed by atoms with van der Waals surface area (Å²) in [5, 5.41) is 16.2. The van der Waals surface area contributed by atoms with Crippen molar-refractivity contribution in [2.45, 2.75) is 13.5 Å². The summed E-state index contributed by atoms with van der Waals surface area (Å²) in [7, 11) is 0. The van der Waals surface area contributed by atoms with Gasteiger partial charge in [-0.3, -0.25) is 14.4 Å². The number of aliphatic hydroxyl groups is 1. The van der Waals surface area contributed by atoms with Gasteiger partial charge in [-0.15, -0.1) is 0 Å². The van der Waals surface area contributed by atoms with Gasteiger partial charge in [-0.2, -0.15) is 0 Å². The lowest BCUT2D eigenvalue weighted by Gasteiger charge is -2.12. The molecule has 0 fully saturated rings. The van der Waals surface area contributed by atoms with Crippen molar-refractivity contribution >= 4 is 23.4 Å². The largest absolute Gasteiger partial charge is 0.395 e. The summed E-state index contributed by atoms with van der Waals surface area (Å²) in [4.78, 5) is 36.0. The Morgan fingerprint density at radius 2 is 1.62 bits per heavy atom. The molecule has 0 bridgehead atoms. The Hall–Kier alpha value is -3.19. The predicted molar refractivity (Wildman–Crippen MR) is 97.5 cm³/mol. The summed E-state index contributed by atoms with van der Waals surface area (Å²) in [6.45, 7) is 2.02. The Morgan fingerprint density at radius 1 is 0.923 bits per heavy atom. The minimum atomic E-state index is -0.905. The van der Waals surface area contributed by atoms with Gasteiger partial charge in [0.15, 0.2) is 0 Å². The maximum absolute atomic E-state index is 12.5. The number of carbonyl (C=O) groups is 3. The highest BCUT2D eigenvalue weighted by Crippen LogP contribution is 2.15. The monoisotopic (exact) mass is 355 g/mol. The van der Waals surface area contributed by atoms with Gasteiger partial charge in [0.1, 0.15) is 0 Å². The van der Waals surface area contributed by atoms with Gasteiger partial charge in [0, 0.05) is 13.1 Å². The molecule has 0 radical (unpaired) electrons. The molecule has 0 saturated heterocycles. The SMILES string of the molecule is Cc1ccccc1CNC(=O)c1ccccc1NC(=O)C(=O)NCCO. The molecule has 0 saturated carbocycles. The van der Waals surface area contributed by atoms with Gasteiger partial charge in [0.2, 0.25) is 0 Å². The number of hydrogen-bond donors (Lipinski definition) is 4. The van der Waals surface area contributed by atoms with E-state index in [0.717, 1.165) is 11.1 Å². The summed E-state index contributed by atoms with van der Waals surface area (Å²) < 4.78 is 0. The van der Waals surface area contributed by atoms with Crippen LogP contribution in [0.1, 0.15) is 21.5 Å². The maximum Gasteiger partial charge on any atom is 0.313 e. The van der Waals surface area contributed by atoms with Gasteiger partial charge in [0.05, 0.1) is 17.9 Å². The predicted octanol–water partition coefficient (Wildman–Crippen LogP) is 0.972. The Bertz CT molecular complexity index is 805. The molecule has 2 rings (SSSR count). The van der Waals surface area contributed by atoms with Crippen molar-refractivity contribution in [1.29, 1.82) is 0 Å². The molecule has 0 spiro atoms. The first kappa shape index (κ1) is 19.1. The second kappa shape index (κ2) is 9.33. The van der Waals surface area contributed by atoms with Gasteiger partial charge in [-0.25, -0.2) is 0 Å². The minimum absolute atomic E-state index is 0.0230. The van der Waals surface area contributed by atoms with E-state index >= 15 is 0 Å². The number of aryl methyl sites for hydroxylation is 1. The van der Waals surface area contributed by atoms with E-state index in [9.17, 15) is 14.4 Å². The molecule has 7 heteroatoms. The third-order valence-electron chi connectivity index (χ3n) is 3.72. The van der Waals surface area contributed by atoms with Crippen molar-refractivity contribution in [3.63, 3.8) is 0 Å². The van der Waals surface area contributed by atoms with Crippen LogP contribution in [0.25, 0.3) is 0 Å². The van der Waals surface area contributed by atoms with Crippen LogP contribution >= 0.6 is 0 Å². The highest BCUT2D eigenvalue weighted by Gasteiger charge is 2.17. The van der Waals surface area contributed by atoms with Gasteiger partial charge in [-0.05, 0) is 30.2 Å². The van der Waals surface area contributed by atoms with Gasteiger partial charge >= 0.3 is 11.8 Å². The lowest BCUT2D eigenvalue weighted by molar-refractivity contribution is -0.136. The quantitative estimate of drug-likeness (QED) is 0.579. The van der Waals surface area contributed by atoms with Crippen LogP contribution in [0.15, 0.2) is 48.5 Å².